The molecular formula is C17H24N2O5. The molecule has 24 heavy (non-hydrogen) atoms. The molecule has 0 bridgehead atoms. The van der Waals surface area contributed by atoms with Crippen LogP contribution in [0.2, 0.25) is 0 Å². The van der Waals surface area contributed by atoms with Gasteiger partial charge in [0.2, 0.25) is 5.91 Å². The first-order chi connectivity index (χ1) is 11.4. The number of nitrogens with zero attached hydrogens (tertiary/aromatic N) is 1. The van der Waals surface area contributed by atoms with Gasteiger partial charge in [-0.25, -0.2) is 4.79 Å². The SMILES string of the molecule is COc1cc(CNC(=O)[C@@H]2COC(=O)N2CC(C)C)cc(OC)c1. The lowest BCUT2D eigenvalue weighted by Crippen LogP contribution is -2.46. The Kier molecular flexibility index (Phi) is 5.89. The molecule has 1 aromatic carbocycles. The van der Waals surface area contributed by atoms with Crippen LogP contribution in [-0.2, 0) is 16.1 Å². The van der Waals surface area contributed by atoms with E-state index in [9.17, 15) is 9.59 Å². The van der Waals surface area contributed by atoms with Gasteiger partial charge >= 0.3 is 6.09 Å². The average Bonchev–Trinajstić information content (AvgIpc) is 2.92. The molecule has 1 fully saturated rings. The van der Waals surface area contributed by atoms with E-state index in [0.29, 0.717) is 24.6 Å². The molecule has 132 valence electrons. The van der Waals surface area contributed by atoms with Gasteiger partial charge in [0.15, 0.2) is 0 Å². The Morgan fingerprint density at radius 3 is 2.46 bits per heavy atom. The van der Waals surface area contributed by atoms with E-state index >= 15 is 0 Å². The van der Waals surface area contributed by atoms with E-state index in [1.807, 2.05) is 26.0 Å². The number of amides is 2. The molecule has 0 radical (unpaired) electrons. The van der Waals surface area contributed by atoms with Crippen LogP contribution >= 0.6 is 0 Å². The highest BCUT2D eigenvalue weighted by atomic mass is 16.6. The molecule has 2 rings (SSSR count). The molecule has 0 spiro atoms. The normalized spacial score (nSPS) is 17.0. The fourth-order valence-corrected chi connectivity index (χ4v) is 2.54. The van der Waals surface area contributed by atoms with Crippen LogP contribution in [0.5, 0.6) is 11.5 Å². The van der Waals surface area contributed by atoms with E-state index in [1.54, 1.807) is 20.3 Å². The Bertz CT molecular complexity index is 580. The van der Waals surface area contributed by atoms with Gasteiger partial charge in [-0.15, -0.1) is 0 Å². The molecule has 0 saturated carbocycles. The predicted molar refractivity (Wildman–Crippen MR) is 88.1 cm³/mol. The molecule has 1 aliphatic heterocycles. The molecule has 0 unspecified atom stereocenters. The summed E-state index contributed by atoms with van der Waals surface area (Å²) >= 11 is 0. The molecule has 1 N–H and O–H groups in total. The number of carbonyl (C=O) groups excluding carboxylic acids is 2. The number of benzene rings is 1. The van der Waals surface area contributed by atoms with Gasteiger partial charge in [-0.1, -0.05) is 13.8 Å². The summed E-state index contributed by atoms with van der Waals surface area (Å²) in [6, 6.07) is 4.82. The zero-order valence-corrected chi connectivity index (χ0v) is 14.5. The molecule has 0 aromatic heterocycles. The summed E-state index contributed by atoms with van der Waals surface area (Å²) in [4.78, 5) is 25.7. The first-order valence-corrected chi connectivity index (χ1v) is 7.87. The Hall–Kier alpha value is -2.44. The first kappa shape index (κ1) is 17.9. The highest BCUT2D eigenvalue weighted by molar-refractivity contribution is 5.87. The number of rotatable bonds is 7. The Morgan fingerprint density at radius 2 is 1.92 bits per heavy atom. The number of carbonyl (C=O) groups is 2. The largest absolute Gasteiger partial charge is 0.497 e. The molecule has 1 saturated heterocycles. The fourth-order valence-electron chi connectivity index (χ4n) is 2.54. The van der Waals surface area contributed by atoms with Crippen molar-refractivity contribution in [1.29, 1.82) is 0 Å². The number of methoxy groups -OCH3 is 2. The lowest BCUT2D eigenvalue weighted by molar-refractivity contribution is -0.125. The second kappa shape index (κ2) is 7.90. The van der Waals surface area contributed by atoms with Gasteiger partial charge in [-0.05, 0) is 23.6 Å². The van der Waals surface area contributed by atoms with Crippen LogP contribution in [0.15, 0.2) is 18.2 Å². The minimum absolute atomic E-state index is 0.0822. The summed E-state index contributed by atoms with van der Waals surface area (Å²) in [5, 5.41) is 2.84. The molecule has 1 heterocycles. The number of ether oxygens (including phenoxy) is 3. The Morgan fingerprint density at radius 1 is 1.29 bits per heavy atom. The van der Waals surface area contributed by atoms with Crippen LogP contribution in [0.3, 0.4) is 0 Å². The minimum atomic E-state index is -0.590. The van der Waals surface area contributed by atoms with Gasteiger partial charge in [-0.3, -0.25) is 9.69 Å². The van der Waals surface area contributed by atoms with E-state index < -0.39 is 12.1 Å². The van der Waals surface area contributed by atoms with Crippen LogP contribution < -0.4 is 14.8 Å². The fraction of sp³-hybridized carbons (Fsp3) is 0.529. The van der Waals surface area contributed by atoms with Gasteiger partial charge in [0.25, 0.3) is 0 Å². The van der Waals surface area contributed by atoms with Crippen LogP contribution in [0.4, 0.5) is 4.79 Å². The predicted octanol–water partition coefficient (Wildman–Crippen LogP) is 1.80. The molecule has 1 atom stereocenters. The first-order valence-electron chi connectivity index (χ1n) is 7.87. The second-order valence-corrected chi connectivity index (χ2v) is 6.08. The van der Waals surface area contributed by atoms with Crippen molar-refractivity contribution >= 4 is 12.0 Å². The third-order valence-electron chi connectivity index (χ3n) is 3.72. The monoisotopic (exact) mass is 336 g/mol. The Balaban J connectivity index is 2.01. The van der Waals surface area contributed by atoms with Crippen molar-refractivity contribution in [3.05, 3.63) is 23.8 Å². The molecule has 1 aromatic rings. The lowest BCUT2D eigenvalue weighted by atomic mass is 10.1. The molecule has 0 aliphatic carbocycles. The summed E-state index contributed by atoms with van der Waals surface area (Å²) in [7, 11) is 3.14. The van der Waals surface area contributed by atoms with Crippen molar-refractivity contribution in [2.45, 2.75) is 26.4 Å². The number of hydrogen-bond donors (Lipinski definition) is 1. The maximum atomic E-state index is 12.4. The Labute approximate surface area is 141 Å². The van der Waals surface area contributed by atoms with Gasteiger partial charge in [-0.2, -0.15) is 0 Å². The van der Waals surface area contributed by atoms with Crippen molar-refractivity contribution < 1.29 is 23.8 Å². The van der Waals surface area contributed by atoms with Gasteiger partial charge in [0, 0.05) is 19.2 Å². The summed E-state index contributed by atoms with van der Waals surface area (Å²) in [6.07, 6.45) is -0.438. The molecule has 1 aliphatic rings. The summed E-state index contributed by atoms with van der Waals surface area (Å²) in [5.74, 6) is 1.33. The summed E-state index contributed by atoms with van der Waals surface area (Å²) < 4.78 is 15.4. The molecule has 7 heteroatoms. The van der Waals surface area contributed by atoms with Gasteiger partial charge < -0.3 is 19.5 Å². The quantitative estimate of drug-likeness (QED) is 0.821. The smallest absolute Gasteiger partial charge is 0.410 e. The van der Waals surface area contributed by atoms with Gasteiger partial charge in [0.1, 0.15) is 24.1 Å². The zero-order chi connectivity index (χ0) is 17.7. The van der Waals surface area contributed by atoms with E-state index in [1.165, 1.54) is 4.90 Å². The minimum Gasteiger partial charge on any atom is -0.497 e. The third kappa shape index (κ3) is 4.31. The topological polar surface area (TPSA) is 77.1 Å². The van der Waals surface area contributed by atoms with Crippen molar-refractivity contribution in [2.75, 3.05) is 27.4 Å². The van der Waals surface area contributed by atoms with Crippen molar-refractivity contribution in [1.82, 2.24) is 10.2 Å². The van der Waals surface area contributed by atoms with Crippen LogP contribution in [0, 0.1) is 5.92 Å². The zero-order valence-electron chi connectivity index (χ0n) is 14.5. The summed E-state index contributed by atoms with van der Waals surface area (Å²) in [6.45, 7) is 4.86. The highest BCUT2D eigenvalue weighted by Crippen LogP contribution is 2.22. The lowest BCUT2D eigenvalue weighted by Gasteiger charge is -2.22. The van der Waals surface area contributed by atoms with Gasteiger partial charge in [0.05, 0.1) is 14.2 Å². The third-order valence-corrected chi connectivity index (χ3v) is 3.72. The molecule has 2 amide bonds. The van der Waals surface area contributed by atoms with Crippen molar-refractivity contribution in [3.8, 4) is 11.5 Å². The molecular weight excluding hydrogens is 312 g/mol. The van der Waals surface area contributed by atoms with Crippen LogP contribution in [0.1, 0.15) is 19.4 Å². The standard InChI is InChI=1S/C17H24N2O5/c1-11(2)9-19-15(10-24-17(19)21)16(20)18-8-12-5-13(22-3)7-14(6-12)23-4/h5-7,11,15H,8-10H2,1-4H3,(H,18,20)/t15-/m0/s1. The van der Waals surface area contributed by atoms with Crippen LogP contribution in [0.25, 0.3) is 0 Å². The molecule has 7 nitrogen and oxygen atoms in total. The second-order valence-electron chi connectivity index (χ2n) is 6.08. The number of hydrogen-bond acceptors (Lipinski definition) is 5. The van der Waals surface area contributed by atoms with E-state index in [0.717, 1.165) is 5.56 Å². The van der Waals surface area contributed by atoms with E-state index in [4.69, 9.17) is 14.2 Å². The van der Waals surface area contributed by atoms with E-state index in [-0.39, 0.29) is 18.4 Å². The number of nitrogens with one attached hydrogen (secondary N) is 1. The number of cyclic esters (lactones) is 1. The average molecular weight is 336 g/mol. The maximum absolute atomic E-state index is 12.4. The van der Waals surface area contributed by atoms with Crippen molar-refractivity contribution in [3.63, 3.8) is 0 Å². The highest BCUT2D eigenvalue weighted by Gasteiger charge is 2.38. The van der Waals surface area contributed by atoms with Crippen LogP contribution in [-0.4, -0.2) is 50.3 Å². The summed E-state index contributed by atoms with van der Waals surface area (Å²) in [5.41, 5.74) is 0.847. The van der Waals surface area contributed by atoms with E-state index in [2.05, 4.69) is 5.32 Å². The maximum Gasteiger partial charge on any atom is 0.410 e. The van der Waals surface area contributed by atoms with Crippen molar-refractivity contribution in [2.24, 2.45) is 5.92 Å².